The van der Waals surface area contributed by atoms with Gasteiger partial charge in [-0.2, -0.15) is 0 Å². The van der Waals surface area contributed by atoms with E-state index in [9.17, 15) is 0 Å². The Kier molecular flexibility index (Phi) is 6.73. The van der Waals surface area contributed by atoms with Crippen molar-refractivity contribution >= 4 is 11.3 Å². The van der Waals surface area contributed by atoms with Crippen molar-refractivity contribution in [2.45, 2.75) is 32.4 Å². The fourth-order valence-corrected chi connectivity index (χ4v) is 2.64. The molecule has 17 heavy (non-hydrogen) atoms. The minimum Gasteiger partial charge on any atom is -0.377 e. The molecular formula is C13H24N2OS. The second kappa shape index (κ2) is 7.82. The molecule has 0 amide bonds. The van der Waals surface area contributed by atoms with Crippen LogP contribution in [-0.2, 0) is 4.74 Å². The molecular weight excluding hydrogens is 232 g/mol. The molecule has 0 fully saturated rings. The first kappa shape index (κ1) is 14.6. The van der Waals surface area contributed by atoms with Crippen molar-refractivity contribution in [2.75, 3.05) is 26.7 Å². The summed E-state index contributed by atoms with van der Waals surface area (Å²) in [5, 5.41) is 2.13. The molecule has 1 rings (SSSR count). The zero-order chi connectivity index (χ0) is 12.7. The molecule has 0 aliphatic carbocycles. The van der Waals surface area contributed by atoms with Crippen molar-refractivity contribution in [3.8, 4) is 0 Å². The third kappa shape index (κ3) is 4.76. The Morgan fingerprint density at radius 3 is 2.82 bits per heavy atom. The first-order chi connectivity index (χ1) is 8.19. The summed E-state index contributed by atoms with van der Waals surface area (Å²) in [6, 6.07) is 4.76. The maximum atomic E-state index is 5.67. The number of rotatable bonds is 8. The summed E-state index contributed by atoms with van der Waals surface area (Å²) in [7, 11) is 2.16. The van der Waals surface area contributed by atoms with Gasteiger partial charge in [0.1, 0.15) is 0 Å². The van der Waals surface area contributed by atoms with Crippen LogP contribution < -0.4 is 5.73 Å². The maximum Gasteiger partial charge on any atom is 0.0709 e. The third-order valence-corrected chi connectivity index (χ3v) is 4.13. The van der Waals surface area contributed by atoms with Crippen LogP contribution in [-0.4, -0.2) is 37.7 Å². The predicted octanol–water partition coefficient (Wildman–Crippen LogP) is 2.49. The molecule has 0 aromatic carbocycles. The number of ether oxygens (including phenoxy) is 1. The number of hydrogen-bond donors (Lipinski definition) is 1. The highest BCUT2D eigenvalue weighted by Gasteiger charge is 2.14. The lowest BCUT2D eigenvalue weighted by Gasteiger charge is -2.25. The van der Waals surface area contributed by atoms with Crippen LogP contribution in [0.1, 0.15) is 31.2 Å². The maximum absolute atomic E-state index is 5.67. The highest BCUT2D eigenvalue weighted by atomic mass is 32.1. The molecule has 1 aromatic heterocycles. The molecule has 1 aromatic rings. The van der Waals surface area contributed by atoms with E-state index in [0.29, 0.717) is 12.6 Å². The Labute approximate surface area is 109 Å². The van der Waals surface area contributed by atoms with E-state index in [2.05, 4.69) is 36.4 Å². The normalized spacial score (nSPS) is 15.1. The Morgan fingerprint density at radius 2 is 2.29 bits per heavy atom. The van der Waals surface area contributed by atoms with Crippen molar-refractivity contribution in [3.63, 3.8) is 0 Å². The van der Waals surface area contributed by atoms with E-state index in [0.717, 1.165) is 19.6 Å². The van der Waals surface area contributed by atoms with E-state index >= 15 is 0 Å². The number of nitrogens with zero attached hydrogens (tertiary/aromatic N) is 1. The molecule has 0 spiro atoms. The van der Waals surface area contributed by atoms with Gasteiger partial charge in [-0.15, -0.1) is 11.3 Å². The summed E-state index contributed by atoms with van der Waals surface area (Å²) in [6.45, 7) is 6.62. The molecule has 98 valence electrons. The van der Waals surface area contributed by atoms with Gasteiger partial charge in [0.2, 0.25) is 0 Å². The topological polar surface area (TPSA) is 38.5 Å². The fraction of sp³-hybridized carbons (Fsp3) is 0.692. The molecule has 0 saturated heterocycles. The fourth-order valence-electron chi connectivity index (χ4n) is 1.79. The van der Waals surface area contributed by atoms with Gasteiger partial charge in [-0.05, 0) is 38.8 Å². The van der Waals surface area contributed by atoms with Crippen LogP contribution in [0, 0.1) is 0 Å². The second-order valence-corrected chi connectivity index (χ2v) is 5.25. The van der Waals surface area contributed by atoms with Crippen molar-refractivity contribution < 1.29 is 4.74 Å². The minimum absolute atomic E-state index is 0.193. The Bertz CT molecular complexity index is 290. The van der Waals surface area contributed by atoms with Gasteiger partial charge in [-0.25, -0.2) is 0 Å². The van der Waals surface area contributed by atoms with Crippen molar-refractivity contribution in [1.82, 2.24) is 4.90 Å². The van der Waals surface area contributed by atoms with E-state index in [1.807, 2.05) is 18.3 Å². The lowest BCUT2D eigenvalue weighted by Crippen LogP contribution is -2.30. The molecule has 2 unspecified atom stereocenters. The minimum atomic E-state index is 0.193. The Hall–Kier alpha value is -0.420. The summed E-state index contributed by atoms with van der Waals surface area (Å²) in [5.41, 5.74) is 5.67. The standard InChI is InChI=1S/C13H24N2OS/c1-4-16-12(10-14)7-8-15(3)11(2)13-6-5-9-17-13/h5-6,9,11-12H,4,7-8,10,14H2,1-3H3. The van der Waals surface area contributed by atoms with E-state index < -0.39 is 0 Å². The van der Waals surface area contributed by atoms with Gasteiger partial charge in [0.25, 0.3) is 0 Å². The first-order valence-electron chi connectivity index (χ1n) is 6.24. The lowest BCUT2D eigenvalue weighted by atomic mass is 10.2. The largest absolute Gasteiger partial charge is 0.377 e. The zero-order valence-electron chi connectivity index (χ0n) is 11.1. The monoisotopic (exact) mass is 256 g/mol. The average Bonchev–Trinajstić information content (AvgIpc) is 2.86. The smallest absolute Gasteiger partial charge is 0.0709 e. The molecule has 2 atom stereocenters. The van der Waals surface area contributed by atoms with Gasteiger partial charge in [0, 0.05) is 30.6 Å². The molecule has 4 heteroatoms. The molecule has 0 aliphatic rings. The third-order valence-electron chi connectivity index (χ3n) is 3.09. The molecule has 3 nitrogen and oxygen atoms in total. The van der Waals surface area contributed by atoms with Gasteiger partial charge in [0.05, 0.1) is 6.10 Å². The van der Waals surface area contributed by atoms with Crippen LogP contribution in [0.4, 0.5) is 0 Å². The van der Waals surface area contributed by atoms with Gasteiger partial charge in [0.15, 0.2) is 0 Å². The number of thiophene rings is 1. The molecule has 2 N–H and O–H groups in total. The van der Waals surface area contributed by atoms with Gasteiger partial charge >= 0.3 is 0 Å². The SMILES string of the molecule is CCOC(CN)CCN(C)C(C)c1cccs1. The van der Waals surface area contributed by atoms with Crippen LogP contribution >= 0.6 is 11.3 Å². The van der Waals surface area contributed by atoms with Gasteiger partial charge in [-0.1, -0.05) is 6.07 Å². The van der Waals surface area contributed by atoms with Crippen LogP contribution in [0.15, 0.2) is 17.5 Å². The van der Waals surface area contributed by atoms with Crippen molar-refractivity contribution in [3.05, 3.63) is 22.4 Å². The summed E-state index contributed by atoms with van der Waals surface area (Å²) in [6.07, 6.45) is 1.19. The van der Waals surface area contributed by atoms with Crippen molar-refractivity contribution in [1.29, 1.82) is 0 Å². The summed E-state index contributed by atoms with van der Waals surface area (Å²) >= 11 is 1.81. The summed E-state index contributed by atoms with van der Waals surface area (Å²) in [4.78, 5) is 3.77. The molecule has 1 heterocycles. The van der Waals surface area contributed by atoms with E-state index in [4.69, 9.17) is 10.5 Å². The van der Waals surface area contributed by atoms with Crippen LogP contribution in [0.2, 0.25) is 0 Å². The van der Waals surface area contributed by atoms with Gasteiger partial charge in [-0.3, -0.25) is 4.90 Å². The first-order valence-corrected chi connectivity index (χ1v) is 7.12. The average molecular weight is 256 g/mol. The van der Waals surface area contributed by atoms with Crippen LogP contribution in [0.5, 0.6) is 0 Å². The highest BCUT2D eigenvalue weighted by molar-refractivity contribution is 7.10. The summed E-state index contributed by atoms with van der Waals surface area (Å²) in [5.74, 6) is 0. The number of hydrogen-bond acceptors (Lipinski definition) is 4. The highest BCUT2D eigenvalue weighted by Crippen LogP contribution is 2.23. The molecule has 0 radical (unpaired) electrons. The van der Waals surface area contributed by atoms with Gasteiger partial charge < -0.3 is 10.5 Å². The number of nitrogens with two attached hydrogens (primary N) is 1. The molecule has 0 aliphatic heterocycles. The van der Waals surface area contributed by atoms with E-state index in [-0.39, 0.29) is 6.10 Å². The van der Waals surface area contributed by atoms with E-state index in [1.54, 1.807) is 0 Å². The quantitative estimate of drug-likeness (QED) is 0.776. The Balaban J connectivity index is 2.35. The summed E-state index contributed by atoms with van der Waals surface area (Å²) < 4.78 is 5.56. The predicted molar refractivity (Wildman–Crippen MR) is 74.4 cm³/mol. The zero-order valence-corrected chi connectivity index (χ0v) is 11.9. The Morgan fingerprint density at radius 1 is 1.53 bits per heavy atom. The lowest BCUT2D eigenvalue weighted by molar-refractivity contribution is 0.0537. The van der Waals surface area contributed by atoms with Crippen molar-refractivity contribution in [2.24, 2.45) is 5.73 Å². The van der Waals surface area contributed by atoms with Crippen LogP contribution in [0.25, 0.3) is 0 Å². The second-order valence-electron chi connectivity index (χ2n) is 4.27. The van der Waals surface area contributed by atoms with Crippen LogP contribution in [0.3, 0.4) is 0 Å². The molecule has 0 saturated carbocycles. The van der Waals surface area contributed by atoms with E-state index in [1.165, 1.54) is 4.88 Å². The molecule has 0 bridgehead atoms.